The summed E-state index contributed by atoms with van der Waals surface area (Å²) in [6.07, 6.45) is -1.59. The molecule has 0 radical (unpaired) electrons. The van der Waals surface area contributed by atoms with E-state index in [-0.39, 0.29) is 24.3 Å². The first-order valence-electron chi connectivity index (χ1n) is 8.98. The number of hydrogen-bond donors (Lipinski definition) is 3. The van der Waals surface area contributed by atoms with Gasteiger partial charge in [-0.2, -0.15) is 13.2 Å². The van der Waals surface area contributed by atoms with E-state index in [0.717, 1.165) is 25.8 Å². The van der Waals surface area contributed by atoms with Gasteiger partial charge in [0, 0.05) is 6.42 Å². The second-order valence-corrected chi connectivity index (χ2v) is 6.58. The summed E-state index contributed by atoms with van der Waals surface area (Å²) >= 11 is 0. The maximum atomic E-state index is 12.1. The molecule has 1 heterocycles. The number of alkyl halides is 3. The molecule has 162 valence electrons. The zero-order valence-electron chi connectivity index (χ0n) is 16.1. The normalized spacial score (nSPS) is 17.3. The molecule has 1 fully saturated rings. The predicted molar refractivity (Wildman–Crippen MR) is 92.1 cm³/mol. The van der Waals surface area contributed by atoms with Crippen molar-refractivity contribution in [2.75, 3.05) is 6.54 Å². The summed E-state index contributed by atoms with van der Waals surface area (Å²) in [6, 6.07) is -1.04. The number of carbonyl (C=O) groups is 4. The second-order valence-electron chi connectivity index (χ2n) is 6.58. The van der Waals surface area contributed by atoms with E-state index in [4.69, 9.17) is 14.6 Å². The molecule has 0 unspecified atom stereocenters. The van der Waals surface area contributed by atoms with Crippen LogP contribution in [-0.4, -0.2) is 53.7 Å². The summed E-state index contributed by atoms with van der Waals surface area (Å²) in [5.74, 6) is -4.29. The molecule has 1 rings (SSSR count). The molecule has 1 aliphatic rings. The van der Waals surface area contributed by atoms with Crippen LogP contribution < -0.4 is 10.6 Å². The van der Waals surface area contributed by atoms with Crippen LogP contribution in [0.1, 0.15) is 52.9 Å². The fourth-order valence-corrected chi connectivity index (χ4v) is 2.21. The topological polar surface area (TPSA) is 122 Å². The van der Waals surface area contributed by atoms with Crippen molar-refractivity contribution in [1.29, 1.82) is 0 Å². The number of carboxylic acid groups (broad SMARTS) is 1. The monoisotopic (exact) mass is 412 g/mol. The maximum Gasteiger partial charge on any atom is 0.490 e. The van der Waals surface area contributed by atoms with Crippen molar-refractivity contribution in [3.8, 4) is 0 Å². The van der Waals surface area contributed by atoms with Crippen LogP contribution in [0.3, 0.4) is 0 Å². The van der Waals surface area contributed by atoms with E-state index in [2.05, 4.69) is 10.6 Å². The SMILES string of the molecule is CCCCC(=O)OC(=O)[C@@H](NC(=O)[C@@H]1CCCN1)C(C)C.O=C(O)C(F)(F)F. The molecule has 1 aliphatic heterocycles. The lowest BCUT2D eigenvalue weighted by molar-refractivity contribution is -0.192. The van der Waals surface area contributed by atoms with Gasteiger partial charge in [-0.1, -0.05) is 27.2 Å². The van der Waals surface area contributed by atoms with E-state index in [9.17, 15) is 27.6 Å². The van der Waals surface area contributed by atoms with E-state index in [1.165, 1.54) is 0 Å². The van der Waals surface area contributed by atoms with Gasteiger partial charge < -0.3 is 20.5 Å². The van der Waals surface area contributed by atoms with E-state index < -0.39 is 30.1 Å². The summed E-state index contributed by atoms with van der Waals surface area (Å²) in [7, 11) is 0. The third-order valence-electron chi connectivity index (χ3n) is 3.79. The summed E-state index contributed by atoms with van der Waals surface area (Å²) < 4.78 is 36.6. The predicted octanol–water partition coefficient (Wildman–Crippen LogP) is 1.77. The number of nitrogens with one attached hydrogen (secondary N) is 2. The number of unbranched alkanes of at least 4 members (excludes halogenated alkanes) is 1. The van der Waals surface area contributed by atoms with Crippen molar-refractivity contribution in [3.63, 3.8) is 0 Å². The number of ether oxygens (including phenoxy) is 1. The Morgan fingerprint density at radius 1 is 1.25 bits per heavy atom. The van der Waals surface area contributed by atoms with Crippen molar-refractivity contribution in [2.45, 2.75) is 71.1 Å². The lowest BCUT2D eigenvalue weighted by Crippen LogP contribution is -2.51. The molecule has 0 aromatic heterocycles. The fourth-order valence-electron chi connectivity index (χ4n) is 2.21. The van der Waals surface area contributed by atoms with Gasteiger partial charge in [-0.05, 0) is 31.7 Å². The maximum absolute atomic E-state index is 12.1. The van der Waals surface area contributed by atoms with Gasteiger partial charge in [0.05, 0.1) is 6.04 Å². The van der Waals surface area contributed by atoms with Crippen LogP contribution in [0.5, 0.6) is 0 Å². The summed E-state index contributed by atoms with van der Waals surface area (Å²) in [5, 5.41) is 12.9. The smallest absolute Gasteiger partial charge is 0.475 e. The number of halogens is 3. The number of amides is 1. The highest BCUT2D eigenvalue weighted by Gasteiger charge is 2.38. The third-order valence-corrected chi connectivity index (χ3v) is 3.79. The molecule has 0 aromatic carbocycles. The minimum Gasteiger partial charge on any atom is -0.475 e. The quantitative estimate of drug-likeness (QED) is 0.430. The Morgan fingerprint density at radius 3 is 2.21 bits per heavy atom. The molecule has 3 N–H and O–H groups in total. The van der Waals surface area contributed by atoms with Gasteiger partial charge in [-0.25, -0.2) is 9.59 Å². The Balaban J connectivity index is 0.000000887. The van der Waals surface area contributed by atoms with Crippen molar-refractivity contribution >= 4 is 23.8 Å². The second kappa shape index (κ2) is 12.3. The average molecular weight is 412 g/mol. The number of aliphatic carboxylic acids is 1. The highest BCUT2D eigenvalue weighted by Crippen LogP contribution is 2.13. The Labute approximate surface area is 161 Å². The molecule has 0 saturated carbocycles. The van der Waals surface area contributed by atoms with Crippen LogP contribution in [0.2, 0.25) is 0 Å². The van der Waals surface area contributed by atoms with Crippen LogP contribution in [0.25, 0.3) is 0 Å². The largest absolute Gasteiger partial charge is 0.490 e. The van der Waals surface area contributed by atoms with Crippen molar-refractivity contribution in [1.82, 2.24) is 10.6 Å². The Morgan fingerprint density at radius 2 is 1.82 bits per heavy atom. The van der Waals surface area contributed by atoms with Gasteiger partial charge in [0.15, 0.2) is 0 Å². The number of hydrogen-bond acceptors (Lipinski definition) is 6. The van der Waals surface area contributed by atoms with Gasteiger partial charge in [-0.15, -0.1) is 0 Å². The van der Waals surface area contributed by atoms with Crippen molar-refractivity contribution in [3.05, 3.63) is 0 Å². The first kappa shape index (κ1) is 25.8. The van der Waals surface area contributed by atoms with Gasteiger partial charge in [0.1, 0.15) is 6.04 Å². The van der Waals surface area contributed by atoms with Crippen molar-refractivity contribution in [2.24, 2.45) is 5.92 Å². The van der Waals surface area contributed by atoms with Crippen LogP contribution in [0.15, 0.2) is 0 Å². The Bertz CT molecular complexity index is 546. The van der Waals surface area contributed by atoms with Crippen LogP contribution >= 0.6 is 0 Å². The van der Waals surface area contributed by atoms with Gasteiger partial charge >= 0.3 is 24.1 Å². The number of carboxylic acids is 1. The van der Waals surface area contributed by atoms with Gasteiger partial charge in [-0.3, -0.25) is 9.59 Å². The fraction of sp³-hybridized carbons (Fsp3) is 0.765. The lowest BCUT2D eigenvalue weighted by Gasteiger charge is -2.22. The zero-order chi connectivity index (χ0) is 21.9. The van der Waals surface area contributed by atoms with E-state index in [0.29, 0.717) is 6.42 Å². The van der Waals surface area contributed by atoms with E-state index in [1.807, 2.05) is 20.8 Å². The highest BCUT2D eigenvalue weighted by molar-refractivity contribution is 5.92. The molecule has 0 aromatic rings. The minimum absolute atomic E-state index is 0.137. The highest BCUT2D eigenvalue weighted by atomic mass is 19.4. The third kappa shape index (κ3) is 10.2. The summed E-state index contributed by atoms with van der Waals surface area (Å²) in [4.78, 5) is 44.5. The van der Waals surface area contributed by atoms with Crippen LogP contribution in [0.4, 0.5) is 13.2 Å². The summed E-state index contributed by atoms with van der Waals surface area (Å²) in [6.45, 7) is 6.39. The molecule has 0 bridgehead atoms. The zero-order valence-corrected chi connectivity index (χ0v) is 16.1. The van der Waals surface area contributed by atoms with Gasteiger partial charge in [0.2, 0.25) is 5.91 Å². The molecular formula is C17H27F3N2O6. The number of rotatable bonds is 7. The van der Waals surface area contributed by atoms with Crippen molar-refractivity contribution < 1.29 is 42.2 Å². The molecule has 1 saturated heterocycles. The average Bonchev–Trinajstić information content (AvgIpc) is 3.11. The standard InChI is InChI=1S/C15H26N2O4.C2HF3O2/c1-4-5-8-12(18)21-15(20)13(10(2)3)17-14(19)11-7-6-9-16-11;3-2(4,5)1(6)7/h10-11,13,16H,4-9H2,1-3H3,(H,17,19);(H,6,7)/t11-,13-;/m0./s1. The molecule has 0 aliphatic carbocycles. The Kier molecular flexibility index (Phi) is 11.4. The minimum atomic E-state index is -5.08. The molecule has 28 heavy (non-hydrogen) atoms. The first-order chi connectivity index (χ1) is 12.9. The molecule has 1 amide bonds. The molecule has 2 atom stereocenters. The van der Waals surface area contributed by atoms with Crippen LogP contribution in [-0.2, 0) is 23.9 Å². The summed E-state index contributed by atoms with van der Waals surface area (Å²) in [5.41, 5.74) is 0. The van der Waals surface area contributed by atoms with E-state index in [1.54, 1.807) is 0 Å². The van der Waals surface area contributed by atoms with Crippen LogP contribution in [0, 0.1) is 5.92 Å². The lowest BCUT2D eigenvalue weighted by atomic mass is 10.0. The molecular weight excluding hydrogens is 385 g/mol. The number of carbonyl (C=O) groups excluding carboxylic acids is 3. The molecule has 11 heteroatoms. The molecule has 0 spiro atoms. The van der Waals surface area contributed by atoms with Gasteiger partial charge in [0.25, 0.3) is 0 Å². The Hall–Kier alpha value is -2.17. The molecule has 8 nitrogen and oxygen atoms in total. The first-order valence-corrected chi connectivity index (χ1v) is 8.98. The van der Waals surface area contributed by atoms with E-state index >= 15 is 0 Å². The number of esters is 2.